The van der Waals surface area contributed by atoms with E-state index in [9.17, 15) is 9.59 Å². The van der Waals surface area contributed by atoms with E-state index < -0.39 is 0 Å². The lowest BCUT2D eigenvalue weighted by atomic mass is 10.1. The maximum absolute atomic E-state index is 13.0. The van der Waals surface area contributed by atoms with E-state index in [2.05, 4.69) is 0 Å². The first-order valence-electron chi connectivity index (χ1n) is 7.73. The van der Waals surface area contributed by atoms with E-state index in [-0.39, 0.29) is 11.2 Å². The van der Waals surface area contributed by atoms with E-state index in [1.807, 2.05) is 66.7 Å². The second-order valence-electron chi connectivity index (χ2n) is 5.81. The van der Waals surface area contributed by atoms with Crippen LogP contribution < -0.4 is 11.2 Å². The molecule has 2 heterocycles. The molecule has 2 aromatic heterocycles. The van der Waals surface area contributed by atoms with Gasteiger partial charge >= 0.3 is 5.69 Å². The highest BCUT2D eigenvalue weighted by Crippen LogP contribution is 2.27. The standard InChI is InChI=1S/C20H12N2O2/c23-19-16-10-5-4-9-14(16)15-11-6-12-17-18(15)22(19)20(24)21(17)13-7-2-1-3-8-13/h1-12H. The van der Waals surface area contributed by atoms with Crippen molar-refractivity contribution in [3.05, 3.63) is 93.6 Å². The summed E-state index contributed by atoms with van der Waals surface area (Å²) in [5, 5.41) is 2.35. The molecule has 0 unspecified atom stereocenters. The van der Waals surface area contributed by atoms with Crippen LogP contribution in [0.3, 0.4) is 0 Å². The Labute approximate surface area is 136 Å². The smallest absolute Gasteiger partial charge is 0.268 e. The normalized spacial score (nSPS) is 11.7. The number of para-hydroxylation sites is 2. The molecule has 0 aliphatic heterocycles. The molecule has 0 amide bonds. The summed E-state index contributed by atoms with van der Waals surface area (Å²) in [5.74, 6) is 0. The van der Waals surface area contributed by atoms with Crippen LogP contribution in [0.25, 0.3) is 32.9 Å². The van der Waals surface area contributed by atoms with Gasteiger partial charge < -0.3 is 0 Å². The molecule has 0 atom stereocenters. The summed E-state index contributed by atoms with van der Waals surface area (Å²) in [7, 11) is 0. The molecule has 0 N–H and O–H groups in total. The van der Waals surface area contributed by atoms with Crippen molar-refractivity contribution in [2.75, 3.05) is 0 Å². The Bertz CT molecular complexity index is 1330. The van der Waals surface area contributed by atoms with E-state index in [0.717, 1.165) is 22.0 Å². The molecular weight excluding hydrogens is 300 g/mol. The lowest BCUT2D eigenvalue weighted by Crippen LogP contribution is -2.27. The van der Waals surface area contributed by atoms with Gasteiger partial charge in [-0.25, -0.2) is 9.20 Å². The van der Waals surface area contributed by atoms with E-state index in [1.54, 1.807) is 10.6 Å². The molecule has 0 bridgehead atoms. The third-order valence-electron chi connectivity index (χ3n) is 4.53. The Morgan fingerprint density at radius 2 is 1.29 bits per heavy atom. The molecule has 0 fully saturated rings. The number of aromatic nitrogens is 2. The number of rotatable bonds is 1. The fraction of sp³-hybridized carbons (Fsp3) is 0. The Morgan fingerprint density at radius 3 is 2.08 bits per heavy atom. The highest BCUT2D eigenvalue weighted by Gasteiger charge is 2.19. The predicted molar refractivity (Wildman–Crippen MR) is 95.5 cm³/mol. The van der Waals surface area contributed by atoms with Gasteiger partial charge in [0.25, 0.3) is 5.56 Å². The molecular formula is C20H12N2O2. The first-order chi connectivity index (χ1) is 11.8. The van der Waals surface area contributed by atoms with Crippen LogP contribution in [0.5, 0.6) is 0 Å². The number of pyridine rings is 1. The summed E-state index contributed by atoms with van der Waals surface area (Å²) in [5.41, 5.74) is 1.57. The first kappa shape index (κ1) is 13.1. The fourth-order valence-electron chi connectivity index (χ4n) is 3.50. The van der Waals surface area contributed by atoms with Crippen LogP contribution in [0.2, 0.25) is 0 Å². The molecule has 0 saturated heterocycles. The van der Waals surface area contributed by atoms with Crippen LogP contribution in [0.15, 0.2) is 82.4 Å². The molecule has 4 nitrogen and oxygen atoms in total. The second-order valence-corrected chi connectivity index (χ2v) is 5.81. The van der Waals surface area contributed by atoms with Gasteiger partial charge in [-0.3, -0.25) is 9.36 Å². The lowest BCUT2D eigenvalue weighted by molar-refractivity contribution is 0.944. The van der Waals surface area contributed by atoms with E-state index in [0.29, 0.717) is 10.9 Å². The van der Waals surface area contributed by atoms with Crippen molar-refractivity contribution in [1.29, 1.82) is 0 Å². The van der Waals surface area contributed by atoms with E-state index in [1.165, 1.54) is 4.40 Å². The van der Waals surface area contributed by atoms with Crippen LogP contribution in [0.1, 0.15) is 0 Å². The average molecular weight is 312 g/mol. The summed E-state index contributed by atoms with van der Waals surface area (Å²) >= 11 is 0. The van der Waals surface area contributed by atoms with Gasteiger partial charge in [-0.2, -0.15) is 0 Å². The van der Waals surface area contributed by atoms with Crippen LogP contribution in [-0.4, -0.2) is 8.97 Å². The molecule has 0 aliphatic carbocycles. The largest absolute Gasteiger partial charge is 0.340 e. The Hall–Kier alpha value is -3.40. The van der Waals surface area contributed by atoms with Gasteiger partial charge in [-0.05, 0) is 29.7 Å². The van der Waals surface area contributed by atoms with Crippen molar-refractivity contribution >= 4 is 27.2 Å². The summed E-state index contributed by atoms with van der Waals surface area (Å²) in [6, 6.07) is 22.6. The molecule has 0 spiro atoms. The van der Waals surface area contributed by atoms with Gasteiger partial charge in [0.15, 0.2) is 0 Å². The molecule has 5 rings (SSSR count). The van der Waals surface area contributed by atoms with Crippen LogP contribution in [0, 0.1) is 0 Å². The fourth-order valence-corrected chi connectivity index (χ4v) is 3.50. The third kappa shape index (κ3) is 1.52. The Balaban J connectivity index is 2.14. The summed E-state index contributed by atoms with van der Waals surface area (Å²) in [6.45, 7) is 0. The molecule has 24 heavy (non-hydrogen) atoms. The number of hydrogen-bond acceptors (Lipinski definition) is 2. The number of hydrogen-bond donors (Lipinski definition) is 0. The van der Waals surface area contributed by atoms with Gasteiger partial charge in [0.2, 0.25) is 0 Å². The van der Waals surface area contributed by atoms with Gasteiger partial charge in [-0.1, -0.05) is 48.5 Å². The van der Waals surface area contributed by atoms with Crippen molar-refractivity contribution in [1.82, 2.24) is 8.97 Å². The van der Waals surface area contributed by atoms with Crippen molar-refractivity contribution in [2.45, 2.75) is 0 Å². The quantitative estimate of drug-likeness (QED) is 0.446. The molecule has 114 valence electrons. The molecule has 0 aliphatic rings. The monoisotopic (exact) mass is 312 g/mol. The van der Waals surface area contributed by atoms with Gasteiger partial charge in [0, 0.05) is 10.8 Å². The van der Waals surface area contributed by atoms with Crippen LogP contribution in [0.4, 0.5) is 0 Å². The number of imidazole rings is 1. The molecule has 3 aromatic carbocycles. The SMILES string of the molecule is O=c1c2ccccc2c2cccc3c2n1c(=O)n3-c1ccccc1. The van der Waals surface area contributed by atoms with E-state index in [4.69, 9.17) is 0 Å². The topological polar surface area (TPSA) is 43.5 Å². The number of fused-ring (bicyclic) bond motifs is 2. The van der Waals surface area contributed by atoms with Crippen molar-refractivity contribution in [3.8, 4) is 5.69 Å². The second kappa shape index (κ2) is 4.55. The lowest BCUT2D eigenvalue weighted by Gasteiger charge is -2.04. The zero-order valence-corrected chi connectivity index (χ0v) is 12.6. The maximum atomic E-state index is 13.0. The third-order valence-corrected chi connectivity index (χ3v) is 4.53. The first-order valence-corrected chi connectivity index (χ1v) is 7.73. The summed E-state index contributed by atoms with van der Waals surface area (Å²) < 4.78 is 2.89. The van der Waals surface area contributed by atoms with Crippen molar-refractivity contribution in [3.63, 3.8) is 0 Å². The zero-order chi connectivity index (χ0) is 16.3. The highest BCUT2D eigenvalue weighted by molar-refractivity contribution is 6.10. The van der Waals surface area contributed by atoms with E-state index >= 15 is 0 Å². The molecule has 5 aromatic rings. The minimum Gasteiger partial charge on any atom is -0.268 e. The minimum atomic E-state index is -0.330. The summed E-state index contributed by atoms with van der Waals surface area (Å²) in [4.78, 5) is 25.9. The van der Waals surface area contributed by atoms with Gasteiger partial charge in [0.05, 0.1) is 16.7 Å². The minimum absolute atomic E-state index is 0.269. The maximum Gasteiger partial charge on any atom is 0.340 e. The summed E-state index contributed by atoms with van der Waals surface area (Å²) in [6.07, 6.45) is 0. The average Bonchev–Trinajstić information content (AvgIpc) is 2.93. The Kier molecular flexibility index (Phi) is 2.48. The van der Waals surface area contributed by atoms with Crippen molar-refractivity contribution < 1.29 is 0 Å². The number of benzene rings is 3. The molecule has 0 saturated carbocycles. The predicted octanol–water partition coefficient (Wildman–Crippen LogP) is 3.19. The van der Waals surface area contributed by atoms with Crippen LogP contribution in [-0.2, 0) is 0 Å². The molecule has 4 heteroatoms. The highest BCUT2D eigenvalue weighted by atomic mass is 16.2. The van der Waals surface area contributed by atoms with Crippen LogP contribution >= 0.6 is 0 Å². The van der Waals surface area contributed by atoms with Gasteiger partial charge in [-0.15, -0.1) is 0 Å². The van der Waals surface area contributed by atoms with Crippen molar-refractivity contribution in [2.24, 2.45) is 0 Å². The van der Waals surface area contributed by atoms with Gasteiger partial charge in [0.1, 0.15) is 0 Å². The molecule has 0 radical (unpaired) electrons. The number of nitrogens with zero attached hydrogens (tertiary/aromatic N) is 2. The zero-order valence-electron chi connectivity index (χ0n) is 12.6. The Morgan fingerprint density at radius 1 is 0.625 bits per heavy atom.